The predicted octanol–water partition coefficient (Wildman–Crippen LogP) is 7.60. The van der Waals surface area contributed by atoms with E-state index in [9.17, 15) is 0 Å². The van der Waals surface area contributed by atoms with E-state index in [-0.39, 0.29) is 0 Å². The topological polar surface area (TPSA) is 9.23 Å². The Morgan fingerprint density at radius 1 is 0.615 bits per heavy atom. The minimum atomic E-state index is 0.311. The van der Waals surface area contributed by atoms with Crippen molar-refractivity contribution in [2.75, 3.05) is 6.61 Å². The molecule has 0 aromatic heterocycles. The molecule has 0 saturated heterocycles. The highest BCUT2D eigenvalue weighted by Crippen LogP contribution is 2.26. The van der Waals surface area contributed by atoms with Crippen molar-refractivity contribution in [3.8, 4) is 0 Å². The molecule has 1 nitrogen and oxygen atoms in total. The van der Waals surface area contributed by atoms with Gasteiger partial charge in [0.15, 0.2) is 0 Å². The van der Waals surface area contributed by atoms with Gasteiger partial charge in [-0.15, -0.1) is 0 Å². The van der Waals surface area contributed by atoms with Crippen LogP contribution in [0, 0.1) is 16.2 Å². The smallest absolute Gasteiger partial charge is 0.0717 e. The second-order valence-corrected chi connectivity index (χ2v) is 11.7. The Labute approximate surface area is 163 Å². The average molecular weight is 361 g/mol. The quantitative estimate of drug-likeness (QED) is 0.434. The van der Waals surface area contributed by atoms with E-state index in [4.69, 9.17) is 4.74 Å². The minimum absolute atomic E-state index is 0.311. The molecule has 0 saturated carbocycles. The largest absolute Gasteiger partial charge is 0.377 e. The number of unbranched alkanes of at least 4 members (excludes halogenated alkanes) is 1. The fourth-order valence-corrected chi connectivity index (χ4v) is 3.40. The van der Waals surface area contributed by atoms with E-state index in [0.29, 0.717) is 16.2 Å². The summed E-state index contributed by atoms with van der Waals surface area (Å²) in [7, 11) is 0. The summed E-state index contributed by atoms with van der Waals surface area (Å²) in [6.07, 6.45) is 5.91. The molecule has 0 amide bonds. The van der Waals surface area contributed by atoms with E-state index < -0.39 is 0 Å². The van der Waals surface area contributed by atoms with Gasteiger partial charge in [0.05, 0.1) is 6.61 Å². The fraction of sp³-hybridized carbons (Fsp3) is 0.760. The van der Waals surface area contributed by atoms with E-state index in [0.717, 1.165) is 32.5 Å². The number of rotatable bonds is 8. The average Bonchev–Trinajstić information content (AvgIpc) is 2.37. The zero-order valence-electron chi connectivity index (χ0n) is 19.1. The maximum absolute atomic E-state index is 6.00. The highest BCUT2D eigenvalue weighted by atomic mass is 16.5. The van der Waals surface area contributed by atoms with Crippen molar-refractivity contribution in [2.45, 2.75) is 101 Å². The van der Waals surface area contributed by atoms with Gasteiger partial charge in [-0.3, -0.25) is 0 Å². The summed E-state index contributed by atoms with van der Waals surface area (Å²) in [5, 5.41) is 0. The first kappa shape index (κ1) is 23.2. The Balaban J connectivity index is 2.67. The van der Waals surface area contributed by atoms with Crippen molar-refractivity contribution in [2.24, 2.45) is 16.2 Å². The second-order valence-electron chi connectivity index (χ2n) is 11.7. The van der Waals surface area contributed by atoms with Crippen LogP contribution >= 0.6 is 0 Å². The first-order valence-electron chi connectivity index (χ1n) is 10.4. The number of benzene rings is 1. The molecule has 0 fully saturated rings. The lowest BCUT2D eigenvalue weighted by atomic mass is 9.84. The van der Waals surface area contributed by atoms with E-state index in [1.807, 2.05) is 0 Å². The molecule has 1 heteroatoms. The van der Waals surface area contributed by atoms with E-state index in [1.165, 1.54) is 29.5 Å². The molecule has 0 radical (unpaired) electrons. The van der Waals surface area contributed by atoms with Gasteiger partial charge in [-0.05, 0) is 58.6 Å². The standard InChI is InChI=1S/C25H44O/c1-23(2,3)12-10-11-13-26-19-22-15-20(17-24(4,5)6)14-21(16-22)18-25(7,8)9/h14-16H,10-13,17-19H2,1-9H3. The molecule has 0 bridgehead atoms. The lowest BCUT2D eigenvalue weighted by Crippen LogP contribution is -2.13. The van der Waals surface area contributed by atoms with Gasteiger partial charge in [0.25, 0.3) is 0 Å². The van der Waals surface area contributed by atoms with Gasteiger partial charge in [-0.25, -0.2) is 0 Å². The van der Waals surface area contributed by atoms with Crippen LogP contribution in [0.5, 0.6) is 0 Å². The Morgan fingerprint density at radius 2 is 1.08 bits per heavy atom. The molecule has 26 heavy (non-hydrogen) atoms. The maximum Gasteiger partial charge on any atom is 0.0717 e. The van der Waals surface area contributed by atoms with Crippen LogP contribution in [0.25, 0.3) is 0 Å². The highest BCUT2D eigenvalue weighted by Gasteiger charge is 2.16. The molecule has 1 aromatic carbocycles. The van der Waals surface area contributed by atoms with Crippen molar-refractivity contribution >= 4 is 0 Å². The number of ether oxygens (including phenoxy) is 1. The van der Waals surface area contributed by atoms with Gasteiger partial charge in [-0.2, -0.15) is 0 Å². The van der Waals surface area contributed by atoms with Crippen LogP contribution < -0.4 is 0 Å². The molecule has 0 N–H and O–H groups in total. The first-order chi connectivity index (χ1) is 11.7. The maximum atomic E-state index is 6.00. The molecule has 0 aliphatic heterocycles. The minimum Gasteiger partial charge on any atom is -0.377 e. The second kappa shape index (κ2) is 9.40. The van der Waals surface area contributed by atoms with Gasteiger partial charge < -0.3 is 4.74 Å². The third-order valence-corrected chi connectivity index (χ3v) is 4.32. The van der Waals surface area contributed by atoms with Crippen LogP contribution in [0.15, 0.2) is 18.2 Å². The summed E-state index contributed by atoms with van der Waals surface area (Å²) in [5.74, 6) is 0. The summed E-state index contributed by atoms with van der Waals surface area (Å²) < 4.78 is 6.00. The summed E-state index contributed by atoms with van der Waals surface area (Å²) >= 11 is 0. The monoisotopic (exact) mass is 360 g/mol. The predicted molar refractivity (Wildman–Crippen MR) is 116 cm³/mol. The van der Waals surface area contributed by atoms with Crippen LogP contribution in [-0.4, -0.2) is 6.61 Å². The molecule has 0 aliphatic rings. The van der Waals surface area contributed by atoms with Crippen molar-refractivity contribution in [3.05, 3.63) is 34.9 Å². The van der Waals surface area contributed by atoms with Crippen LogP contribution in [0.4, 0.5) is 0 Å². The third-order valence-electron chi connectivity index (χ3n) is 4.32. The van der Waals surface area contributed by atoms with Gasteiger partial charge in [0.1, 0.15) is 0 Å². The molecule has 150 valence electrons. The van der Waals surface area contributed by atoms with E-state index in [1.54, 1.807) is 0 Å². The molecule has 0 unspecified atom stereocenters. The van der Waals surface area contributed by atoms with Crippen molar-refractivity contribution in [1.82, 2.24) is 0 Å². The van der Waals surface area contributed by atoms with Gasteiger partial charge in [-0.1, -0.05) is 86.9 Å². The molecular formula is C25H44O. The SMILES string of the molecule is CC(C)(C)CCCCOCc1cc(CC(C)(C)C)cc(CC(C)(C)C)c1. The lowest BCUT2D eigenvalue weighted by Gasteiger charge is -2.22. The zero-order valence-corrected chi connectivity index (χ0v) is 19.1. The Hall–Kier alpha value is -0.820. The van der Waals surface area contributed by atoms with Crippen molar-refractivity contribution in [1.29, 1.82) is 0 Å². The van der Waals surface area contributed by atoms with Crippen LogP contribution in [-0.2, 0) is 24.2 Å². The summed E-state index contributed by atoms with van der Waals surface area (Å²) in [6.45, 7) is 22.4. The zero-order chi connectivity index (χ0) is 20.0. The summed E-state index contributed by atoms with van der Waals surface area (Å²) in [5.41, 5.74) is 5.29. The van der Waals surface area contributed by atoms with E-state index in [2.05, 4.69) is 80.5 Å². The summed E-state index contributed by atoms with van der Waals surface area (Å²) in [4.78, 5) is 0. The third kappa shape index (κ3) is 11.7. The normalized spacial score (nSPS) is 13.3. The summed E-state index contributed by atoms with van der Waals surface area (Å²) in [6, 6.07) is 7.11. The molecule has 0 aliphatic carbocycles. The van der Waals surface area contributed by atoms with Crippen molar-refractivity contribution < 1.29 is 4.74 Å². The van der Waals surface area contributed by atoms with E-state index >= 15 is 0 Å². The Morgan fingerprint density at radius 3 is 1.50 bits per heavy atom. The molecule has 1 aromatic rings. The van der Waals surface area contributed by atoms with Gasteiger partial charge in [0, 0.05) is 6.61 Å². The molecule has 0 heterocycles. The highest BCUT2D eigenvalue weighted by molar-refractivity contribution is 5.31. The fourth-order valence-electron chi connectivity index (χ4n) is 3.40. The Bertz CT molecular complexity index is 500. The number of hydrogen-bond donors (Lipinski definition) is 0. The lowest BCUT2D eigenvalue weighted by molar-refractivity contribution is 0.114. The molecule has 1 rings (SSSR count). The van der Waals surface area contributed by atoms with Crippen LogP contribution in [0.2, 0.25) is 0 Å². The molecule has 0 spiro atoms. The van der Waals surface area contributed by atoms with Gasteiger partial charge in [0.2, 0.25) is 0 Å². The molecule has 0 atom stereocenters. The van der Waals surface area contributed by atoms with Crippen molar-refractivity contribution in [3.63, 3.8) is 0 Å². The molecular weight excluding hydrogens is 316 g/mol. The van der Waals surface area contributed by atoms with Crippen LogP contribution in [0.1, 0.15) is 98.3 Å². The number of hydrogen-bond acceptors (Lipinski definition) is 1. The Kier molecular flexibility index (Phi) is 8.39. The van der Waals surface area contributed by atoms with Gasteiger partial charge >= 0.3 is 0 Å². The first-order valence-corrected chi connectivity index (χ1v) is 10.4. The van der Waals surface area contributed by atoms with Crippen LogP contribution in [0.3, 0.4) is 0 Å².